The Labute approximate surface area is 162 Å². The summed E-state index contributed by atoms with van der Waals surface area (Å²) in [4.78, 5) is 21.1. The van der Waals surface area contributed by atoms with E-state index in [2.05, 4.69) is 16.0 Å². The van der Waals surface area contributed by atoms with Crippen molar-refractivity contribution in [2.24, 2.45) is 0 Å². The number of benzene rings is 2. The van der Waals surface area contributed by atoms with Gasteiger partial charge in [0.15, 0.2) is 0 Å². The Morgan fingerprint density at radius 2 is 1.81 bits per heavy atom. The van der Waals surface area contributed by atoms with Crippen molar-refractivity contribution in [3.05, 3.63) is 70.9 Å². The molecule has 0 unspecified atom stereocenters. The zero-order chi connectivity index (χ0) is 18.8. The molecule has 1 saturated heterocycles. The number of carbonyl (C=O) groups is 1. The Hall–Kier alpha value is -3.10. The van der Waals surface area contributed by atoms with Gasteiger partial charge >= 0.3 is 0 Å². The van der Waals surface area contributed by atoms with Gasteiger partial charge in [0.1, 0.15) is 11.8 Å². The standard InChI is InChI=1S/C21H17ClN4O/c22-16-5-3-4-15(12-16)21(27)26-10-8-25(9-11-26)20-13-17(14-23)24-19-7-2-1-6-18(19)20/h1-7,12-13H,8-11H2. The van der Waals surface area contributed by atoms with Crippen molar-refractivity contribution >= 4 is 34.1 Å². The van der Waals surface area contributed by atoms with Gasteiger partial charge in [0.2, 0.25) is 0 Å². The van der Waals surface area contributed by atoms with Crippen molar-refractivity contribution in [2.75, 3.05) is 31.1 Å². The highest BCUT2D eigenvalue weighted by atomic mass is 35.5. The van der Waals surface area contributed by atoms with Crippen LogP contribution >= 0.6 is 11.6 Å². The number of halogens is 1. The van der Waals surface area contributed by atoms with Gasteiger partial charge in [0, 0.05) is 47.8 Å². The van der Waals surface area contributed by atoms with Gasteiger partial charge in [-0.25, -0.2) is 4.98 Å². The molecule has 5 nitrogen and oxygen atoms in total. The summed E-state index contributed by atoms with van der Waals surface area (Å²) in [6, 6.07) is 18.8. The van der Waals surface area contributed by atoms with E-state index in [9.17, 15) is 10.1 Å². The summed E-state index contributed by atoms with van der Waals surface area (Å²) in [6.45, 7) is 2.63. The quantitative estimate of drug-likeness (QED) is 0.683. The van der Waals surface area contributed by atoms with Gasteiger partial charge < -0.3 is 9.80 Å². The lowest BCUT2D eigenvalue weighted by atomic mass is 10.1. The molecule has 1 fully saturated rings. The zero-order valence-corrected chi connectivity index (χ0v) is 15.4. The van der Waals surface area contributed by atoms with Gasteiger partial charge in [0.05, 0.1) is 5.52 Å². The molecule has 2 heterocycles. The number of carbonyl (C=O) groups excluding carboxylic acids is 1. The van der Waals surface area contributed by atoms with Crippen LogP contribution in [0.25, 0.3) is 10.9 Å². The van der Waals surface area contributed by atoms with Crippen molar-refractivity contribution in [1.29, 1.82) is 5.26 Å². The molecule has 134 valence electrons. The van der Waals surface area contributed by atoms with Crippen LogP contribution in [0.5, 0.6) is 0 Å². The molecule has 0 aliphatic carbocycles. The van der Waals surface area contributed by atoms with Crippen LogP contribution < -0.4 is 4.90 Å². The lowest BCUT2D eigenvalue weighted by molar-refractivity contribution is 0.0747. The van der Waals surface area contributed by atoms with E-state index in [4.69, 9.17) is 11.6 Å². The molecule has 3 aromatic rings. The first-order valence-corrected chi connectivity index (χ1v) is 9.13. The van der Waals surface area contributed by atoms with Crippen molar-refractivity contribution < 1.29 is 4.79 Å². The lowest BCUT2D eigenvalue weighted by Crippen LogP contribution is -2.48. The molecule has 0 radical (unpaired) electrons. The van der Waals surface area contributed by atoms with Gasteiger partial charge in [-0.2, -0.15) is 5.26 Å². The minimum Gasteiger partial charge on any atom is -0.367 e. The highest BCUT2D eigenvalue weighted by molar-refractivity contribution is 6.30. The molecule has 0 saturated carbocycles. The molecular weight excluding hydrogens is 360 g/mol. The summed E-state index contributed by atoms with van der Waals surface area (Å²) in [7, 11) is 0. The van der Waals surface area contributed by atoms with Gasteiger partial charge in [-0.05, 0) is 30.3 Å². The van der Waals surface area contributed by atoms with E-state index < -0.39 is 0 Å². The largest absolute Gasteiger partial charge is 0.367 e. The second kappa shape index (κ2) is 7.26. The number of para-hydroxylation sites is 1. The van der Waals surface area contributed by atoms with Gasteiger partial charge in [-0.1, -0.05) is 35.9 Å². The van der Waals surface area contributed by atoms with E-state index in [1.54, 1.807) is 24.3 Å². The molecule has 0 atom stereocenters. The summed E-state index contributed by atoms with van der Waals surface area (Å²) >= 11 is 6.00. The molecule has 1 amide bonds. The highest BCUT2D eigenvalue weighted by Crippen LogP contribution is 2.28. The van der Waals surface area contributed by atoms with Gasteiger partial charge in [-0.15, -0.1) is 0 Å². The van der Waals surface area contributed by atoms with E-state index in [0.29, 0.717) is 42.5 Å². The maximum atomic E-state index is 12.7. The maximum Gasteiger partial charge on any atom is 0.254 e. The Morgan fingerprint density at radius 3 is 2.56 bits per heavy atom. The predicted molar refractivity (Wildman–Crippen MR) is 106 cm³/mol. The van der Waals surface area contributed by atoms with Gasteiger partial charge in [-0.3, -0.25) is 4.79 Å². The normalized spacial score (nSPS) is 14.2. The third-order valence-corrected chi connectivity index (χ3v) is 5.02. The van der Waals surface area contributed by atoms with Crippen LogP contribution in [0, 0.1) is 11.3 Å². The second-order valence-corrected chi connectivity index (χ2v) is 6.88. The number of aromatic nitrogens is 1. The number of nitrogens with zero attached hydrogens (tertiary/aromatic N) is 4. The number of piperazine rings is 1. The SMILES string of the molecule is N#Cc1cc(N2CCN(C(=O)c3cccc(Cl)c3)CC2)c2ccccc2n1. The zero-order valence-electron chi connectivity index (χ0n) is 14.6. The monoisotopic (exact) mass is 376 g/mol. The molecule has 4 rings (SSSR count). The second-order valence-electron chi connectivity index (χ2n) is 6.45. The minimum absolute atomic E-state index is 0.00514. The van der Waals surface area contributed by atoms with Crippen LogP contribution in [0.4, 0.5) is 5.69 Å². The minimum atomic E-state index is -0.00514. The Bertz CT molecular complexity index is 1050. The topological polar surface area (TPSA) is 60.2 Å². The van der Waals surface area contributed by atoms with E-state index in [0.717, 1.165) is 16.6 Å². The summed E-state index contributed by atoms with van der Waals surface area (Å²) in [5, 5.41) is 10.9. The van der Waals surface area contributed by atoms with Crippen LogP contribution in [0.1, 0.15) is 16.1 Å². The number of amides is 1. The molecular formula is C21H17ClN4O. The molecule has 27 heavy (non-hydrogen) atoms. The van der Waals surface area contributed by atoms with E-state index >= 15 is 0 Å². The fraction of sp³-hybridized carbons (Fsp3) is 0.190. The first-order chi connectivity index (χ1) is 13.2. The Balaban J connectivity index is 1.55. The van der Waals surface area contributed by atoms with E-state index in [1.807, 2.05) is 35.2 Å². The summed E-state index contributed by atoms with van der Waals surface area (Å²) < 4.78 is 0. The number of rotatable bonds is 2. The molecule has 1 aromatic heterocycles. The molecule has 0 N–H and O–H groups in total. The number of anilines is 1. The van der Waals surface area contributed by atoms with Crippen LogP contribution in [-0.2, 0) is 0 Å². The van der Waals surface area contributed by atoms with Crippen molar-refractivity contribution in [3.8, 4) is 6.07 Å². The fourth-order valence-electron chi connectivity index (χ4n) is 3.43. The fourth-order valence-corrected chi connectivity index (χ4v) is 3.62. The molecule has 6 heteroatoms. The number of fused-ring (bicyclic) bond motifs is 1. The van der Waals surface area contributed by atoms with Crippen LogP contribution in [0.15, 0.2) is 54.6 Å². The van der Waals surface area contributed by atoms with Crippen LogP contribution in [-0.4, -0.2) is 42.0 Å². The summed E-state index contributed by atoms with van der Waals surface area (Å²) in [5.74, 6) is -0.00514. The first-order valence-electron chi connectivity index (χ1n) is 8.75. The van der Waals surface area contributed by atoms with Crippen molar-refractivity contribution in [1.82, 2.24) is 9.88 Å². The molecule has 1 aliphatic rings. The summed E-state index contributed by atoms with van der Waals surface area (Å²) in [5.41, 5.74) is 2.81. The average Bonchev–Trinajstić information content (AvgIpc) is 2.72. The number of hydrogen-bond donors (Lipinski definition) is 0. The molecule has 1 aliphatic heterocycles. The first kappa shape index (κ1) is 17.3. The lowest BCUT2D eigenvalue weighted by Gasteiger charge is -2.36. The maximum absolute atomic E-state index is 12.7. The third kappa shape index (κ3) is 3.44. The smallest absolute Gasteiger partial charge is 0.254 e. The van der Waals surface area contributed by atoms with Crippen LogP contribution in [0.3, 0.4) is 0 Å². The number of pyridine rings is 1. The molecule has 0 spiro atoms. The average molecular weight is 377 g/mol. The van der Waals surface area contributed by atoms with Gasteiger partial charge in [0.25, 0.3) is 5.91 Å². The molecule has 0 bridgehead atoms. The van der Waals surface area contributed by atoms with Crippen molar-refractivity contribution in [3.63, 3.8) is 0 Å². The Kier molecular flexibility index (Phi) is 4.66. The summed E-state index contributed by atoms with van der Waals surface area (Å²) in [6.07, 6.45) is 0. The van der Waals surface area contributed by atoms with E-state index in [-0.39, 0.29) is 5.91 Å². The highest BCUT2D eigenvalue weighted by Gasteiger charge is 2.23. The molecule has 2 aromatic carbocycles. The predicted octanol–water partition coefficient (Wildman–Crippen LogP) is 3.72. The number of hydrogen-bond acceptors (Lipinski definition) is 4. The van der Waals surface area contributed by atoms with E-state index in [1.165, 1.54) is 0 Å². The van der Waals surface area contributed by atoms with Crippen molar-refractivity contribution in [2.45, 2.75) is 0 Å². The number of nitriles is 1. The Morgan fingerprint density at radius 1 is 1.04 bits per heavy atom. The van der Waals surface area contributed by atoms with Crippen LogP contribution in [0.2, 0.25) is 5.02 Å². The third-order valence-electron chi connectivity index (χ3n) is 4.79.